The van der Waals surface area contributed by atoms with Crippen LogP contribution < -0.4 is 5.73 Å². The lowest BCUT2D eigenvalue weighted by molar-refractivity contribution is 0.623. The summed E-state index contributed by atoms with van der Waals surface area (Å²) in [4.78, 5) is 0. The maximum absolute atomic E-state index is 12.8. The Labute approximate surface area is 65.0 Å². The zero-order chi connectivity index (χ0) is 8.43. The second-order valence-corrected chi connectivity index (χ2v) is 2.33. The molecule has 2 N–H and O–H groups in total. The molecule has 56 valence electrons. The van der Waals surface area contributed by atoms with E-state index in [2.05, 4.69) is 5.92 Å². The number of benzene rings is 1. The van der Waals surface area contributed by atoms with Crippen molar-refractivity contribution >= 4 is 5.69 Å². The summed E-state index contributed by atoms with van der Waals surface area (Å²) in [5.41, 5.74) is 6.96. The third kappa shape index (κ3) is 1.32. The second-order valence-electron chi connectivity index (χ2n) is 2.33. The summed E-state index contributed by atoms with van der Waals surface area (Å²) in [7, 11) is 0. The van der Waals surface area contributed by atoms with Gasteiger partial charge in [-0.05, 0) is 24.6 Å². The molecule has 1 aromatic rings. The van der Waals surface area contributed by atoms with Crippen molar-refractivity contribution in [2.45, 2.75) is 6.92 Å². The first-order valence-corrected chi connectivity index (χ1v) is 3.17. The van der Waals surface area contributed by atoms with Crippen LogP contribution in [-0.4, -0.2) is 0 Å². The van der Waals surface area contributed by atoms with Gasteiger partial charge in [0.05, 0.1) is 5.56 Å². The molecule has 1 nitrogen and oxygen atoms in total. The zero-order valence-corrected chi connectivity index (χ0v) is 6.19. The topological polar surface area (TPSA) is 26.0 Å². The molecule has 0 bridgehead atoms. The molecule has 0 spiro atoms. The number of hydrogen-bond donors (Lipinski definition) is 1. The van der Waals surface area contributed by atoms with E-state index in [1.807, 2.05) is 0 Å². The van der Waals surface area contributed by atoms with E-state index in [9.17, 15) is 4.39 Å². The third-order valence-corrected chi connectivity index (χ3v) is 1.51. The Morgan fingerprint density at radius 1 is 1.55 bits per heavy atom. The molecule has 1 aromatic carbocycles. The molecule has 0 saturated carbocycles. The van der Waals surface area contributed by atoms with Gasteiger partial charge in [-0.2, -0.15) is 0 Å². The van der Waals surface area contributed by atoms with Crippen LogP contribution >= 0.6 is 0 Å². The average molecular weight is 149 g/mol. The van der Waals surface area contributed by atoms with Crippen LogP contribution in [0.5, 0.6) is 0 Å². The van der Waals surface area contributed by atoms with Crippen molar-refractivity contribution in [1.29, 1.82) is 0 Å². The van der Waals surface area contributed by atoms with Crippen LogP contribution in [0.25, 0.3) is 0 Å². The van der Waals surface area contributed by atoms with Crippen LogP contribution in [0.1, 0.15) is 11.1 Å². The van der Waals surface area contributed by atoms with E-state index < -0.39 is 0 Å². The summed E-state index contributed by atoms with van der Waals surface area (Å²) in [6.45, 7) is 1.73. The summed E-state index contributed by atoms with van der Waals surface area (Å²) in [5, 5.41) is 0. The van der Waals surface area contributed by atoms with Gasteiger partial charge in [0.2, 0.25) is 0 Å². The molecule has 0 radical (unpaired) electrons. The quantitative estimate of drug-likeness (QED) is 0.441. The van der Waals surface area contributed by atoms with Crippen molar-refractivity contribution < 1.29 is 4.39 Å². The van der Waals surface area contributed by atoms with Crippen molar-refractivity contribution in [3.8, 4) is 12.3 Å². The summed E-state index contributed by atoms with van der Waals surface area (Å²) >= 11 is 0. The maximum Gasteiger partial charge on any atom is 0.139 e. The first-order chi connectivity index (χ1) is 5.15. The lowest BCUT2D eigenvalue weighted by Crippen LogP contribution is -1.93. The molecule has 0 amide bonds. The number of nitrogen functional groups attached to an aromatic ring is 1. The number of nitrogens with two attached hydrogens (primary N) is 1. The second kappa shape index (κ2) is 2.63. The minimum atomic E-state index is -0.390. The standard InChI is InChI=1S/C9H8FN/c1-3-7-5-9(11)6(2)4-8(7)10/h1,4-5H,11H2,2H3. The predicted molar refractivity (Wildman–Crippen MR) is 43.5 cm³/mol. The van der Waals surface area contributed by atoms with Crippen molar-refractivity contribution in [3.05, 3.63) is 29.1 Å². The number of halogens is 1. The van der Waals surface area contributed by atoms with E-state index in [1.165, 1.54) is 12.1 Å². The molecule has 0 atom stereocenters. The normalized spacial score (nSPS) is 9.18. The van der Waals surface area contributed by atoms with Gasteiger partial charge < -0.3 is 5.73 Å². The Hall–Kier alpha value is -1.49. The van der Waals surface area contributed by atoms with Gasteiger partial charge in [-0.3, -0.25) is 0 Å². The molecular formula is C9H8FN. The van der Waals surface area contributed by atoms with Crippen LogP contribution in [0.15, 0.2) is 12.1 Å². The van der Waals surface area contributed by atoms with Crippen molar-refractivity contribution in [2.24, 2.45) is 0 Å². The number of hydrogen-bond acceptors (Lipinski definition) is 1. The van der Waals surface area contributed by atoms with Gasteiger partial charge in [-0.25, -0.2) is 4.39 Å². The first-order valence-electron chi connectivity index (χ1n) is 3.17. The highest BCUT2D eigenvalue weighted by Crippen LogP contribution is 2.15. The van der Waals surface area contributed by atoms with Crippen LogP contribution in [0, 0.1) is 25.1 Å². The minimum absolute atomic E-state index is 0.216. The Morgan fingerprint density at radius 2 is 2.18 bits per heavy atom. The van der Waals surface area contributed by atoms with Crippen molar-refractivity contribution in [1.82, 2.24) is 0 Å². The highest BCUT2D eigenvalue weighted by molar-refractivity contribution is 5.52. The molecule has 0 aliphatic rings. The molecule has 0 aliphatic heterocycles. The molecule has 2 heteroatoms. The van der Waals surface area contributed by atoms with E-state index in [0.29, 0.717) is 11.3 Å². The smallest absolute Gasteiger partial charge is 0.139 e. The number of anilines is 1. The lowest BCUT2D eigenvalue weighted by Gasteiger charge is -2.00. The fraction of sp³-hybridized carbons (Fsp3) is 0.111. The van der Waals surface area contributed by atoms with E-state index in [0.717, 1.165) is 0 Å². The van der Waals surface area contributed by atoms with E-state index in [-0.39, 0.29) is 11.4 Å². The van der Waals surface area contributed by atoms with Gasteiger partial charge in [-0.1, -0.05) is 5.92 Å². The van der Waals surface area contributed by atoms with E-state index >= 15 is 0 Å². The van der Waals surface area contributed by atoms with Gasteiger partial charge in [-0.15, -0.1) is 6.42 Å². The average Bonchev–Trinajstić information content (AvgIpc) is 1.97. The summed E-state index contributed by atoms with van der Waals surface area (Å²) in [5.74, 6) is 1.82. The van der Waals surface area contributed by atoms with Gasteiger partial charge in [0.25, 0.3) is 0 Å². The molecule has 0 fully saturated rings. The van der Waals surface area contributed by atoms with Gasteiger partial charge >= 0.3 is 0 Å². The first kappa shape index (κ1) is 7.62. The fourth-order valence-corrected chi connectivity index (χ4v) is 0.800. The van der Waals surface area contributed by atoms with Gasteiger partial charge in [0, 0.05) is 5.69 Å². The Bertz CT molecular complexity index is 323. The molecule has 0 unspecified atom stereocenters. The van der Waals surface area contributed by atoms with Crippen LogP contribution in [0.3, 0.4) is 0 Å². The summed E-state index contributed by atoms with van der Waals surface area (Å²) in [6.07, 6.45) is 5.02. The maximum atomic E-state index is 12.8. The Kier molecular flexibility index (Phi) is 1.82. The Morgan fingerprint density at radius 3 is 2.73 bits per heavy atom. The van der Waals surface area contributed by atoms with Gasteiger partial charge in [0.15, 0.2) is 0 Å². The van der Waals surface area contributed by atoms with Crippen LogP contribution in [-0.2, 0) is 0 Å². The summed E-state index contributed by atoms with van der Waals surface area (Å²) < 4.78 is 12.8. The van der Waals surface area contributed by atoms with E-state index in [4.69, 9.17) is 12.2 Å². The van der Waals surface area contributed by atoms with Crippen LogP contribution in [0.2, 0.25) is 0 Å². The third-order valence-electron chi connectivity index (χ3n) is 1.51. The Balaban J connectivity index is 3.35. The summed E-state index contributed by atoms with van der Waals surface area (Å²) in [6, 6.07) is 2.80. The predicted octanol–water partition coefficient (Wildman–Crippen LogP) is 1.70. The molecule has 0 aliphatic carbocycles. The fourth-order valence-electron chi connectivity index (χ4n) is 0.800. The van der Waals surface area contributed by atoms with Crippen LogP contribution in [0.4, 0.5) is 10.1 Å². The molecule has 11 heavy (non-hydrogen) atoms. The molecule has 1 rings (SSSR count). The monoisotopic (exact) mass is 149 g/mol. The van der Waals surface area contributed by atoms with Crippen molar-refractivity contribution in [2.75, 3.05) is 5.73 Å². The SMILES string of the molecule is C#Cc1cc(N)c(C)cc1F. The van der Waals surface area contributed by atoms with E-state index in [1.54, 1.807) is 6.92 Å². The zero-order valence-electron chi connectivity index (χ0n) is 6.19. The van der Waals surface area contributed by atoms with Crippen molar-refractivity contribution in [3.63, 3.8) is 0 Å². The molecule has 0 heterocycles. The number of rotatable bonds is 0. The molecule has 0 saturated heterocycles. The number of aryl methyl sites for hydroxylation is 1. The highest BCUT2D eigenvalue weighted by atomic mass is 19.1. The highest BCUT2D eigenvalue weighted by Gasteiger charge is 2.01. The molecular weight excluding hydrogens is 141 g/mol. The molecule has 0 aromatic heterocycles. The lowest BCUT2D eigenvalue weighted by atomic mass is 10.1. The number of terminal acetylenes is 1. The van der Waals surface area contributed by atoms with Gasteiger partial charge in [0.1, 0.15) is 5.82 Å². The largest absolute Gasteiger partial charge is 0.398 e. The minimum Gasteiger partial charge on any atom is -0.398 e.